The normalized spacial score (nSPS) is 16.8. The number of amides is 1. The minimum atomic E-state index is -0.0420. The molecule has 2 N–H and O–H groups in total. The molecule has 1 unspecified atom stereocenters. The van der Waals surface area contributed by atoms with Gasteiger partial charge in [0.15, 0.2) is 0 Å². The SMILES string of the molecule is Cn1ncnc1NC(=O)CC1CNc2ccccc21. The van der Waals surface area contributed by atoms with Crippen LogP contribution in [0.2, 0.25) is 0 Å². The average Bonchev–Trinajstić information content (AvgIpc) is 2.98. The van der Waals surface area contributed by atoms with E-state index in [9.17, 15) is 4.79 Å². The van der Waals surface area contributed by atoms with Gasteiger partial charge in [0.2, 0.25) is 11.9 Å². The van der Waals surface area contributed by atoms with Gasteiger partial charge in [-0.05, 0) is 11.6 Å². The van der Waals surface area contributed by atoms with Crippen LogP contribution in [0.5, 0.6) is 0 Å². The molecule has 0 saturated heterocycles. The molecule has 1 aliphatic rings. The smallest absolute Gasteiger partial charge is 0.227 e. The highest BCUT2D eigenvalue weighted by Gasteiger charge is 2.24. The van der Waals surface area contributed by atoms with E-state index in [1.165, 1.54) is 11.9 Å². The number of nitrogens with one attached hydrogen (secondary N) is 2. The highest BCUT2D eigenvalue weighted by molar-refractivity contribution is 5.90. The van der Waals surface area contributed by atoms with Crippen LogP contribution in [0.15, 0.2) is 30.6 Å². The van der Waals surface area contributed by atoms with E-state index < -0.39 is 0 Å². The molecular formula is C13H15N5O. The van der Waals surface area contributed by atoms with Gasteiger partial charge in [0.05, 0.1) is 0 Å². The van der Waals surface area contributed by atoms with Gasteiger partial charge < -0.3 is 5.32 Å². The van der Waals surface area contributed by atoms with Crippen LogP contribution in [-0.2, 0) is 11.8 Å². The largest absolute Gasteiger partial charge is 0.384 e. The van der Waals surface area contributed by atoms with Crippen LogP contribution in [0.4, 0.5) is 11.6 Å². The number of anilines is 2. The molecule has 2 aromatic rings. The quantitative estimate of drug-likeness (QED) is 0.870. The van der Waals surface area contributed by atoms with Gasteiger partial charge in [-0.25, -0.2) is 4.68 Å². The average molecular weight is 257 g/mol. The molecule has 3 rings (SSSR count). The fourth-order valence-corrected chi connectivity index (χ4v) is 2.35. The summed E-state index contributed by atoms with van der Waals surface area (Å²) < 4.78 is 1.54. The summed E-state index contributed by atoms with van der Waals surface area (Å²) in [5, 5.41) is 10.00. The number of carbonyl (C=O) groups excluding carboxylic acids is 1. The Hall–Kier alpha value is -2.37. The van der Waals surface area contributed by atoms with Gasteiger partial charge in [-0.15, -0.1) is 0 Å². The minimum Gasteiger partial charge on any atom is -0.384 e. The van der Waals surface area contributed by atoms with Crippen LogP contribution in [0.1, 0.15) is 17.9 Å². The molecule has 0 spiro atoms. The second-order valence-electron chi connectivity index (χ2n) is 4.62. The number of hydrogen-bond donors (Lipinski definition) is 2. The number of carbonyl (C=O) groups is 1. The molecule has 0 aliphatic carbocycles. The topological polar surface area (TPSA) is 71.8 Å². The molecule has 1 atom stereocenters. The molecule has 0 bridgehead atoms. The predicted octanol–water partition coefficient (Wildman–Crippen LogP) is 1.35. The standard InChI is InChI=1S/C13H15N5O/c1-18-13(15-8-16-18)17-12(19)6-9-7-14-11-5-3-2-4-10(9)11/h2-5,8-9,14H,6-7H2,1H3,(H,15,16,17,19). The second kappa shape index (κ2) is 4.72. The van der Waals surface area contributed by atoms with Crippen molar-refractivity contribution in [3.8, 4) is 0 Å². The molecule has 1 aromatic carbocycles. The molecule has 1 amide bonds. The van der Waals surface area contributed by atoms with Crippen LogP contribution in [0.25, 0.3) is 0 Å². The van der Waals surface area contributed by atoms with E-state index >= 15 is 0 Å². The summed E-state index contributed by atoms with van der Waals surface area (Å²) in [5.74, 6) is 0.647. The summed E-state index contributed by atoms with van der Waals surface area (Å²) in [6, 6.07) is 8.10. The van der Waals surface area contributed by atoms with E-state index in [1.54, 1.807) is 11.7 Å². The highest BCUT2D eigenvalue weighted by atomic mass is 16.1. The van der Waals surface area contributed by atoms with Gasteiger partial charge >= 0.3 is 0 Å². The number of rotatable bonds is 3. The monoisotopic (exact) mass is 257 g/mol. The van der Waals surface area contributed by atoms with Gasteiger partial charge in [0.1, 0.15) is 6.33 Å². The Balaban J connectivity index is 1.67. The van der Waals surface area contributed by atoms with Crippen molar-refractivity contribution in [3.05, 3.63) is 36.2 Å². The van der Waals surface area contributed by atoms with E-state index in [-0.39, 0.29) is 11.8 Å². The van der Waals surface area contributed by atoms with E-state index in [1.807, 2.05) is 18.2 Å². The maximum Gasteiger partial charge on any atom is 0.227 e. The summed E-state index contributed by atoms with van der Waals surface area (Å²) in [6.45, 7) is 0.797. The van der Waals surface area contributed by atoms with Gasteiger partial charge in [-0.1, -0.05) is 18.2 Å². The minimum absolute atomic E-state index is 0.0420. The van der Waals surface area contributed by atoms with Crippen LogP contribution in [-0.4, -0.2) is 27.2 Å². The van der Waals surface area contributed by atoms with Crippen molar-refractivity contribution < 1.29 is 4.79 Å². The zero-order valence-corrected chi connectivity index (χ0v) is 10.6. The molecule has 19 heavy (non-hydrogen) atoms. The molecule has 0 radical (unpaired) electrons. The van der Waals surface area contributed by atoms with Gasteiger partial charge in [0, 0.05) is 31.6 Å². The predicted molar refractivity (Wildman–Crippen MR) is 71.9 cm³/mol. The van der Waals surface area contributed by atoms with E-state index in [4.69, 9.17) is 0 Å². The molecule has 6 nitrogen and oxygen atoms in total. The fourth-order valence-electron chi connectivity index (χ4n) is 2.35. The summed E-state index contributed by atoms with van der Waals surface area (Å²) >= 11 is 0. The van der Waals surface area contributed by atoms with Crippen LogP contribution in [0, 0.1) is 0 Å². The van der Waals surface area contributed by atoms with Crippen molar-refractivity contribution in [2.75, 3.05) is 17.2 Å². The number of para-hydroxylation sites is 1. The first-order valence-electron chi connectivity index (χ1n) is 6.20. The van der Waals surface area contributed by atoms with Crippen LogP contribution in [0.3, 0.4) is 0 Å². The van der Waals surface area contributed by atoms with E-state index in [2.05, 4.69) is 26.8 Å². The third-order valence-corrected chi connectivity index (χ3v) is 3.33. The van der Waals surface area contributed by atoms with E-state index in [0.29, 0.717) is 12.4 Å². The fraction of sp³-hybridized carbons (Fsp3) is 0.308. The zero-order valence-electron chi connectivity index (χ0n) is 10.6. The first-order chi connectivity index (χ1) is 9.24. The first-order valence-corrected chi connectivity index (χ1v) is 6.20. The summed E-state index contributed by atoms with van der Waals surface area (Å²) in [6.07, 6.45) is 1.86. The Morgan fingerprint density at radius 2 is 2.37 bits per heavy atom. The number of hydrogen-bond acceptors (Lipinski definition) is 4. The van der Waals surface area contributed by atoms with Crippen molar-refractivity contribution in [1.82, 2.24) is 14.8 Å². The number of aryl methyl sites for hydroxylation is 1. The molecule has 1 aliphatic heterocycles. The van der Waals surface area contributed by atoms with Crippen molar-refractivity contribution in [1.29, 1.82) is 0 Å². The maximum absolute atomic E-state index is 12.0. The van der Waals surface area contributed by atoms with Crippen LogP contribution >= 0.6 is 0 Å². The molecule has 2 heterocycles. The third-order valence-electron chi connectivity index (χ3n) is 3.33. The lowest BCUT2D eigenvalue weighted by Gasteiger charge is -2.09. The molecule has 0 saturated carbocycles. The second-order valence-corrected chi connectivity index (χ2v) is 4.62. The Morgan fingerprint density at radius 1 is 1.53 bits per heavy atom. The van der Waals surface area contributed by atoms with Crippen molar-refractivity contribution in [2.24, 2.45) is 7.05 Å². The molecule has 6 heteroatoms. The number of benzene rings is 1. The van der Waals surface area contributed by atoms with Gasteiger partial charge in [0.25, 0.3) is 0 Å². The number of nitrogens with zero attached hydrogens (tertiary/aromatic N) is 3. The summed E-state index contributed by atoms with van der Waals surface area (Å²) in [5.41, 5.74) is 2.33. The van der Waals surface area contributed by atoms with Crippen molar-refractivity contribution >= 4 is 17.5 Å². The lowest BCUT2D eigenvalue weighted by molar-refractivity contribution is -0.116. The van der Waals surface area contributed by atoms with Crippen LogP contribution < -0.4 is 10.6 Å². The maximum atomic E-state index is 12.0. The summed E-state index contributed by atoms with van der Waals surface area (Å²) in [7, 11) is 1.75. The third kappa shape index (κ3) is 2.29. The molecular weight excluding hydrogens is 242 g/mol. The molecule has 1 aromatic heterocycles. The zero-order chi connectivity index (χ0) is 13.2. The molecule has 0 fully saturated rings. The number of aromatic nitrogens is 3. The van der Waals surface area contributed by atoms with Crippen molar-refractivity contribution in [2.45, 2.75) is 12.3 Å². The van der Waals surface area contributed by atoms with Gasteiger partial charge in [-0.2, -0.15) is 10.1 Å². The Kier molecular flexibility index (Phi) is 2.91. The summed E-state index contributed by atoms with van der Waals surface area (Å²) in [4.78, 5) is 16.0. The lowest BCUT2D eigenvalue weighted by atomic mass is 9.98. The van der Waals surface area contributed by atoms with Gasteiger partial charge in [-0.3, -0.25) is 10.1 Å². The van der Waals surface area contributed by atoms with E-state index in [0.717, 1.165) is 12.2 Å². The number of fused-ring (bicyclic) bond motifs is 1. The highest BCUT2D eigenvalue weighted by Crippen LogP contribution is 2.33. The Labute approximate surface area is 110 Å². The lowest BCUT2D eigenvalue weighted by Crippen LogP contribution is -2.18. The van der Waals surface area contributed by atoms with Crippen molar-refractivity contribution in [3.63, 3.8) is 0 Å². The first kappa shape index (κ1) is 11.7. The molecule has 98 valence electrons. The Bertz CT molecular complexity index is 607. The Morgan fingerprint density at radius 3 is 3.16 bits per heavy atom.